The van der Waals surface area contributed by atoms with Crippen molar-refractivity contribution in [2.45, 2.75) is 25.8 Å². The van der Waals surface area contributed by atoms with E-state index in [1.807, 2.05) is 12.1 Å². The number of piperidine rings is 1. The monoisotopic (exact) mass is 292 g/mol. The first kappa shape index (κ1) is 14.9. The molecule has 1 saturated heterocycles. The Morgan fingerprint density at radius 1 is 1.40 bits per heavy atom. The van der Waals surface area contributed by atoms with Gasteiger partial charge in [0.05, 0.1) is 5.69 Å². The van der Waals surface area contributed by atoms with Crippen LogP contribution in [0.3, 0.4) is 0 Å². The first-order valence-corrected chi connectivity index (χ1v) is 7.21. The Labute approximate surface area is 124 Å². The SMILES string of the molecule is NC(=O)CC1CCN(Cc2ccnc(C(N)=S)c2)CC1. The van der Waals surface area contributed by atoms with Gasteiger partial charge in [-0.2, -0.15) is 0 Å². The van der Waals surface area contributed by atoms with Crippen LogP contribution in [0.15, 0.2) is 18.3 Å². The molecule has 0 bridgehead atoms. The van der Waals surface area contributed by atoms with Crippen LogP contribution in [0.2, 0.25) is 0 Å². The summed E-state index contributed by atoms with van der Waals surface area (Å²) in [6, 6.07) is 3.93. The number of rotatable bonds is 5. The lowest BCUT2D eigenvalue weighted by Crippen LogP contribution is -2.34. The predicted molar refractivity (Wildman–Crippen MR) is 81.9 cm³/mol. The minimum Gasteiger partial charge on any atom is -0.388 e. The van der Waals surface area contributed by atoms with Gasteiger partial charge in [-0.3, -0.25) is 14.7 Å². The highest BCUT2D eigenvalue weighted by molar-refractivity contribution is 7.80. The van der Waals surface area contributed by atoms with Gasteiger partial charge in [-0.25, -0.2) is 0 Å². The fourth-order valence-electron chi connectivity index (χ4n) is 2.60. The van der Waals surface area contributed by atoms with E-state index in [1.54, 1.807) is 6.20 Å². The van der Waals surface area contributed by atoms with Gasteiger partial charge in [-0.1, -0.05) is 12.2 Å². The third kappa shape index (κ3) is 4.25. The Balaban J connectivity index is 1.88. The maximum atomic E-state index is 10.9. The summed E-state index contributed by atoms with van der Waals surface area (Å²) < 4.78 is 0. The van der Waals surface area contributed by atoms with Crippen LogP contribution in [0.1, 0.15) is 30.5 Å². The summed E-state index contributed by atoms with van der Waals surface area (Å²) >= 11 is 4.94. The molecule has 5 nitrogen and oxygen atoms in total. The van der Waals surface area contributed by atoms with Gasteiger partial charge in [0.25, 0.3) is 0 Å². The molecule has 0 atom stereocenters. The number of nitrogens with two attached hydrogens (primary N) is 2. The molecule has 108 valence electrons. The summed E-state index contributed by atoms with van der Waals surface area (Å²) in [5.41, 5.74) is 12.7. The third-order valence-electron chi connectivity index (χ3n) is 3.68. The second-order valence-electron chi connectivity index (χ2n) is 5.30. The van der Waals surface area contributed by atoms with E-state index in [0.717, 1.165) is 38.0 Å². The van der Waals surface area contributed by atoms with Gasteiger partial charge in [0, 0.05) is 19.2 Å². The largest absolute Gasteiger partial charge is 0.388 e. The molecule has 0 spiro atoms. The normalized spacial score (nSPS) is 17.0. The molecular formula is C14H20N4OS. The molecule has 2 rings (SSSR count). The number of hydrogen-bond acceptors (Lipinski definition) is 4. The topological polar surface area (TPSA) is 85.2 Å². The lowest BCUT2D eigenvalue weighted by Gasteiger charge is -2.31. The van der Waals surface area contributed by atoms with Crippen LogP contribution in [0.5, 0.6) is 0 Å². The number of pyridine rings is 1. The van der Waals surface area contributed by atoms with Crippen molar-refractivity contribution < 1.29 is 4.79 Å². The number of hydrogen-bond donors (Lipinski definition) is 2. The maximum Gasteiger partial charge on any atom is 0.217 e. The third-order valence-corrected chi connectivity index (χ3v) is 3.89. The van der Waals surface area contributed by atoms with E-state index < -0.39 is 0 Å². The molecule has 4 N–H and O–H groups in total. The number of nitrogens with zero attached hydrogens (tertiary/aromatic N) is 2. The molecule has 2 heterocycles. The molecule has 1 amide bonds. The van der Waals surface area contributed by atoms with Crippen LogP contribution in [0, 0.1) is 5.92 Å². The summed E-state index contributed by atoms with van der Waals surface area (Å²) in [7, 11) is 0. The van der Waals surface area contributed by atoms with Crippen LogP contribution < -0.4 is 11.5 Å². The molecule has 1 fully saturated rings. The minimum absolute atomic E-state index is 0.196. The van der Waals surface area contributed by atoms with Gasteiger partial charge in [-0.05, 0) is 49.5 Å². The highest BCUT2D eigenvalue weighted by Crippen LogP contribution is 2.21. The van der Waals surface area contributed by atoms with E-state index in [9.17, 15) is 4.79 Å². The molecule has 6 heteroatoms. The van der Waals surface area contributed by atoms with Crippen LogP contribution in [0.4, 0.5) is 0 Å². The van der Waals surface area contributed by atoms with Gasteiger partial charge >= 0.3 is 0 Å². The Bertz CT molecular complexity index is 498. The molecule has 0 saturated carbocycles. The van der Waals surface area contributed by atoms with E-state index >= 15 is 0 Å². The summed E-state index contributed by atoms with van der Waals surface area (Å²) in [4.78, 5) is 17.8. The van der Waals surface area contributed by atoms with Crippen molar-refractivity contribution in [2.75, 3.05) is 13.1 Å². The van der Waals surface area contributed by atoms with Crippen molar-refractivity contribution >= 4 is 23.1 Å². The van der Waals surface area contributed by atoms with E-state index in [2.05, 4.69) is 9.88 Å². The lowest BCUT2D eigenvalue weighted by atomic mass is 9.93. The first-order chi connectivity index (χ1) is 9.54. The quantitative estimate of drug-likeness (QED) is 0.784. The molecule has 0 radical (unpaired) electrons. The summed E-state index contributed by atoms with van der Waals surface area (Å²) in [5.74, 6) is 0.243. The van der Waals surface area contributed by atoms with Crippen molar-refractivity contribution in [3.05, 3.63) is 29.6 Å². The van der Waals surface area contributed by atoms with E-state index in [4.69, 9.17) is 23.7 Å². The number of carbonyl (C=O) groups is 1. The molecular weight excluding hydrogens is 272 g/mol. The molecule has 0 aliphatic carbocycles. The second-order valence-corrected chi connectivity index (χ2v) is 5.74. The molecule has 20 heavy (non-hydrogen) atoms. The summed E-state index contributed by atoms with van der Waals surface area (Å²) in [6.07, 6.45) is 4.30. The van der Waals surface area contributed by atoms with Crippen LogP contribution in [0.25, 0.3) is 0 Å². The number of thiocarbonyl (C=S) groups is 1. The predicted octanol–water partition coefficient (Wildman–Crippen LogP) is 0.803. The molecule has 0 aromatic carbocycles. The molecule has 1 aliphatic heterocycles. The number of aromatic nitrogens is 1. The zero-order chi connectivity index (χ0) is 14.5. The Hall–Kier alpha value is -1.53. The average Bonchev–Trinajstić information content (AvgIpc) is 2.41. The Kier molecular flexibility index (Phi) is 5.03. The van der Waals surface area contributed by atoms with E-state index in [1.165, 1.54) is 0 Å². The standard InChI is InChI=1S/C14H20N4OS/c15-13(19)8-10-2-5-18(6-3-10)9-11-1-4-17-12(7-11)14(16)20/h1,4,7,10H,2-3,5-6,8-9H2,(H2,15,19)(H2,16,20). The number of primary amides is 1. The fourth-order valence-corrected chi connectivity index (χ4v) is 2.71. The van der Waals surface area contributed by atoms with Crippen LogP contribution in [-0.2, 0) is 11.3 Å². The number of carbonyl (C=O) groups excluding carboxylic acids is 1. The first-order valence-electron chi connectivity index (χ1n) is 6.80. The van der Waals surface area contributed by atoms with Crippen LogP contribution >= 0.6 is 12.2 Å². The van der Waals surface area contributed by atoms with Crippen molar-refractivity contribution in [2.24, 2.45) is 17.4 Å². The molecule has 1 aromatic heterocycles. The van der Waals surface area contributed by atoms with Gasteiger partial charge in [0.15, 0.2) is 0 Å². The van der Waals surface area contributed by atoms with Gasteiger partial charge in [0.1, 0.15) is 4.99 Å². The molecule has 1 aromatic rings. The van der Waals surface area contributed by atoms with Crippen molar-refractivity contribution in [3.63, 3.8) is 0 Å². The minimum atomic E-state index is -0.196. The van der Waals surface area contributed by atoms with Crippen molar-refractivity contribution in [3.8, 4) is 0 Å². The van der Waals surface area contributed by atoms with Gasteiger partial charge < -0.3 is 11.5 Å². The lowest BCUT2D eigenvalue weighted by molar-refractivity contribution is -0.119. The Morgan fingerprint density at radius 2 is 2.10 bits per heavy atom. The molecule has 1 aliphatic rings. The number of amides is 1. The zero-order valence-electron chi connectivity index (χ0n) is 11.4. The summed E-state index contributed by atoms with van der Waals surface area (Å²) in [5, 5.41) is 0. The van der Waals surface area contributed by atoms with Crippen LogP contribution in [-0.4, -0.2) is 33.9 Å². The molecule has 0 unspecified atom stereocenters. The van der Waals surface area contributed by atoms with E-state index in [0.29, 0.717) is 23.0 Å². The highest BCUT2D eigenvalue weighted by Gasteiger charge is 2.20. The smallest absolute Gasteiger partial charge is 0.217 e. The average molecular weight is 292 g/mol. The van der Waals surface area contributed by atoms with Crippen molar-refractivity contribution in [1.82, 2.24) is 9.88 Å². The van der Waals surface area contributed by atoms with E-state index in [-0.39, 0.29) is 5.91 Å². The second kappa shape index (κ2) is 6.76. The van der Waals surface area contributed by atoms with Crippen molar-refractivity contribution in [1.29, 1.82) is 0 Å². The van der Waals surface area contributed by atoms with Gasteiger partial charge in [0.2, 0.25) is 5.91 Å². The summed E-state index contributed by atoms with van der Waals surface area (Å²) in [6.45, 7) is 2.84. The highest BCUT2D eigenvalue weighted by atomic mass is 32.1. The fraction of sp³-hybridized carbons (Fsp3) is 0.500. The maximum absolute atomic E-state index is 10.9. The zero-order valence-corrected chi connectivity index (χ0v) is 12.2. The van der Waals surface area contributed by atoms with Gasteiger partial charge in [-0.15, -0.1) is 0 Å². The number of likely N-dealkylation sites (tertiary alicyclic amines) is 1. The Morgan fingerprint density at radius 3 is 2.70 bits per heavy atom.